The summed E-state index contributed by atoms with van der Waals surface area (Å²) < 4.78 is 9.94. The second-order valence-electron chi connectivity index (χ2n) is 4.44. The highest BCUT2D eigenvalue weighted by atomic mass is 16.5. The van der Waals surface area contributed by atoms with Crippen molar-refractivity contribution >= 4 is 0 Å². The minimum Gasteiger partial charge on any atom is -0.497 e. The Morgan fingerprint density at radius 2 is 1.14 bits per heavy atom. The number of benzene rings is 2. The van der Waals surface area contributed by atoms with E-state index in [1.807, 2.05) is 38.1 Å². The average Bonchev–Trinajstić information content (AvgIpc) is 2.53. The molecule has 0 unspecified atom stereocenters. The van der Waals surface area contributed by atoms with Gasteiger partial charge in [0.1, 0.15) is 5.75 Å². The molecule has 0 saturated carbocycles. The van der Waals surface area contributed by atoms with Gasteiger partial charge in [-0.3, -0.25) is 0 Å². The molecule has 2 aromatic rings. The summed E-state index contributed by atoms with van der Waals surface area (Å²) in [6.07, 6.45) is 0. The molecule has 0 saturated heterocycles. The average molecular weight is 288 g/mol. The Morgan fingerprint density at radius 3 is 1.52 bits per heavy atom. The monoisotopic (exact) mass is 288 g/mol. The number of methoxy groups -OCH3 is 2. The molecule has 0 atom stereocenters. The lowest BCUT2D eigenvalue weighted by molar-refractivity contribution is 0.185. The van der Waals surface area contributed by atoms with Gasteiger partial charge in [-0.2, -0.15) is 0 Å². The Morgan fingerprint density at radius 1 is 0.714 bits per heavy atom. The van der Waals surface area contributed by atoms with Crippen LogP contribution in [0.5, 0.6) is 5.75 Å². The van der Waals surface area contributed by atoms with Crippen LogP contribution in [-0.4, -0.2) is 14.2 Å². The van der Waals surface area contributed by atoms with E-state index in [9.17, 15) is 0 Å². The smallest absolute Gasteiger partial charge is 0.118 e. The van der Waals surface area contributed by atoms with Crippen LogP contribution in [0.1, 0.15) is 30.5 Å². The fraction of sp³-hybridized carbons (Fsp3) is 0.368. The number of hydrogen-bond acceptors (Lipinski definition) is 2. The summed E-state index contributed by atoms with van der Waals surface area (Å²) in [4.78, 5) is 0. The molecule has 0 bridgehead atoms. The molecule has 0 spiro atoms. The fourth-order valence-corrected chi connectivity index (χ4v) is 1.53. The van der Waals surface area contributed by atoms with Crippen LogP contribution in [0.4, 0.5) is 0 Å². The lowest BCUT2D eigenvalue weighted by Gasteiger charge is -1.98. The van der Waals surface area contributed by atoms with Gasteiger partial charge >= 0.3 is 0 Å². The molecule has 21 heavy (non-hydrogen) atoms. The maximum Gasteiger partial charge on any atom is 0.118 e. The molecule has 0 fully saturated rings. The third-order valence-electron chi connectivity index (χ3n) is 2.69. The zero-order valence-corrected chi connectivity index (χ0v) is 14.1. The molecule has 0 N–H and O–H groups in total. The maximum atomic E-state index is 4.97. The van der Waals surface area contributed by atoms with Gasteiger partial charge in [0, 0.05) is 7.11 Å². The van der Waals surface area contributed by atoms with Crippen molar-refractivity contribution < 1.29 is 9.47 Å². The Kier molecular flexibility index (Phi) is 11.0. The quantitative estimate of drug-likeness (QED) is 0.775. The van der Waals surface area contributed by atoms with Crippen LogP contribution in [-0.2, 0) is 11.3 Å². The highest BCUT2D eigenvalue weighted by molar-refractivity contribution is 5.25. The summed E-state index contributed by atoms with van der Waals surface area (Å²) in [5.74, 6) is 0.917. The molecule has 0 aliphatic heterocycles. The lowest BCUT2D eigenvalue weighted by Crippen LogP contribution is -1.85. The molecule has 0 radical (unpaired) electrons. The van der Waals surface area contributed by atoms with E-state index >= 15 is 0 Å². The Bertz CT molecular complexity index is 458. The van der Waals surface area contributed by atoms with E-state index in [2.05, 4.69) is 38.1 Å². The molecular weight excluding hydrogens is 260 g/mol. The van der Waals surface area contributed by atoms with Gasteiger partial charge in [-0.1, -0.05) is 61.4 Å². The van der Waals surface area contributed by atoms with Crippen molar-refractivity contribution in [1.82, 2.24) is 0 Å². The van der Waals surface area contributed by atoms with E-state index in [1.54, 1.807) is 14.2 Å². The SMILES string of the molecule is CC.COCc1ccc(C)cc1.COc1ccc(C)cc1. The van der Waals surface area contributed by atoms with Crippen LogP contribution in [0, 0.1) is 13.8 Å². The second kappa shape index (κ2) is 12.0. The molecule has 0 aliphatic rings. The Labute approximate surface area is 129 Å². The molecule has 0 amide bonds. The van der Waals surface area contributed by atoms with Crippen LogP contribution in [0.25, 0.3) is 0 Å². The highest BCUT2D eigenvalue weighted by Gasteiger charge is 1.88. The molecule has 116 valence electrons. The van der Waals surface area contributed by atoms with Gasteiger partial charge in [-0.05, 0) is 31.5 Å². The zero-order chi connectivity index (χ0) is 16.1. The predicted molar refractivity (Wildman–Crippen MR) is 91.0 cm³/mol. The van der Waals surface area contributed by atoms with E-state index in [-0.39, 0.29) is 0 Å². The van der Waals surface area contributed by atoms with Crippen molar-refractivity contribution in [2.24, 2.45) is 0 Å². The lowest BCUT2D eigenvalue weighted by atomic mass is 10.2. The predicted octanol–water partition coefficient (Wildman–Crippen LogP) is 5.17. The molecular formula is C19H28O2. The van der Waals surface area contributed by atoms with Crippen LogP contribution in [0.3, 0.4) is 0 Å². The van der Waals surface area contributed by atoms with Crippen LogP contribution in [0.2, 0.25) is 0 Å². The molecule has 0 aromatic heterocycles. The number of rotatable bonds is 3. The number of aryl methyl sites for hydroxylation is 2. The first kappa shape index (κ1) is 19.2. The van der Waals surface area contributed by atoms with Crippen molar-refractivity contribution in [2.75, 3.05) is 14.2 Å². The summed E-state index contributed by atoms with van der Waals surface area (Å²) in [6, 6.07) is 16.3. The third kappa shape index (κ3) is 8.87. The van der Waals surface area contributed by atoms with Gasteiger partial charge in [0.15, 0.2) is 0 Å². The molecule has 0 aliphatic carbocycles. The van der Waals surface area contributed by atoms with Gasteiger partial charge in [0.25, 0.3) is 0 Å². The first-order valence-corrected chi connectivity index (χ1v) is 7.31. The van der Waals surface area contributed by atoms with Gasteiger partial charge in [-0.25, -0.2) is 0 Å². The molecule has 2 nitrogen and oxygen atoms in total. The first-order valence-electron chi connectivity index (χ1n) is 7.31. The minimum atomic E-state index is 0.709. The van der Waals surface area contributed by atoms with E-state index in [0.29, 0.717) is 6.61 Å². The van der Waals surface area contributed by atoms with Crippen molar-refractivity contribution in [3.05, 3.63) is 65.2 Å². The second-order valence-corrected chi connectivity index (χ2v) is 4.44. The number of ether oxygens (including phenoxy) is 2. The third-order valence-corrected chi connectivity index (χ3v) is 2.69. The summed E-state index contributed by atoms with van der Waals surface area (Å²) in [6.45, 7) is 8.84. The molecule has 2 rings (SSSR count). The van der Waals surface area contributed by atoms with E-state index in [0.717, 1.165) is 5.75 Å². The van der Waals surface area contributed by atoms with Gasteiger partial charge in [0.2, 0.25) is 0 Å². The van der Waals surface area contributed by atoms with Gasteiger partial charge in [0.05, 0.1) is 13.7 Å². The molecule has 2 aromatic carbocycles. The molecule has 2 heteroatoms. The van der Waals surface area contributed by atoms with Gasteiger partial charge in [-0.15, -0.1) is 0 Å². The zero-order valence-electron chi connectivity index (χ0n) is 14.1. The summed E-state index contributed by atoms with van der Waals surface area (Å²) in [5, 5.41) is 0. The van der Waals surface area contributed by atoms with Gasteiger partial charge < -0.3 is 9.47 Å². The topological polar surface area (TPSA) is 18.5 Å². The highest BCUT2D eigenvalue weighted by Crippen LogP contribution is 2.09. The number of hydrogen-bond donors (Lipinski definition) is 0. The summed E-state index contributed by atoms with van der Waals surface area (Å²) >= 11 is 0. The van der Waals surface area contributed by atoms with Crippen LogP contribution >= 0.6 is 0 Å². The first-order chi connectivity index (χ1) is 10.2. The van der Waals surface area contributed by atoms with Crippen molar-refractivity contribution in [2.45, 2.75) is 34.3 Å². The van der Waals surface area contributed by atoms with Crippen molar-refractivity contribution in [3.63, 3.8) is 0 Å². The van der Waals surface area contributed by atoms with E-state index < -0.39 is 0 Å². The largest absolute Gasteiger partial charge is 0.497 e. The fourth-order valence-electron chi connectivity index (χ4n) is 1.53. The summed E-state index contributed by atoms with van der Waals surface area (Å²) in [5.41, 5.74) is 3.78. The molecule has 0 heterocycles. The normalized spacial score (nSPS) is 8.86. The maximum absolute atomic E-state index is 4.97. The summed E-state index contributed by atoms with van der Waals surface area (Å²) in [7, 11) is 3.38. The Balaban J connectivity index is 0.000000342. The Hall–Kier alpha value is -1.80. The van der Waals surface area contributed by atoms with E-state index in [4.69, 9.17) is 9.47 Å². The van der Waals surface area contributed by atoms with Crippen LogP contribution in [0.15, 0.2) is 48.5 Å². The standard InChI is InChI=1S/C9H12O.C8H10O.C2H6/c1-8-3-5-9(6-4-8)7-10-2;1-7-3-5-8(9-2)6-4-7;1-2/h3-6H,7H2,1-2H3;3-6H,1-2H3;1-2H3. The van der Waals surface area contributed by atoms with Crippen molar-refractivity contribution in [3.8, 4) is 5.75 Å². The van der Waals surface area contributed by atoms with Crippen molar-refractivity contribution in [1.29, 1.82) is 0 Å². The van der Waals surface area contributed by atoms with Crippen LogP contribution < -0.4 is 4.74 Å². The van der Waals surface area contributed by atoms with E-state index in [1.165, 1.54) is 16.7 Å². The minimum absolute atomic E-state index is 0.709.